The van der Waals surface area contributed by atoms with E-state index in [1.165, 1.54) is 6.20 Å². The molecule has 0 spiro atoms. The number of carbonyl (C=O) groups is 1. The Kier molecular flexibility index (Phi) is 2.96. The number of hydrogen-bond donors (Lipinski definition) is 2. The maximum atomic E-state index is 12.0. The third kappa shape index (κ3) is 2.33. The number of nitrogens with two attached hydrogens (primary N) is 1. The number of aromatic amines is 1. The van der Waals surface area contributed by atoms with Gasteiger partial charge in [-0.25, -0.2) is 0 Å². The zero-order valence-electron chi connectivity index (χ0n) is 8.52. The summed E-state index contributed by atoms with van der Waals surface area (Å²) in [7, 11) is 0. The van der Waals surface area contributed by atoms with Crippen LogP contribution in [0.15, 0.2) is 6.20 Å². The molecule has 1 heterocycles. The van der Waals surface area contributed by atoms with Gasteiger partial charge in [0.25, 0.3) is 5.91 Å². The van der Waals surface area contributed by atoms with Crippen LogP contribution < -0.4 is 5.73 Å². The van der Waals surface area contributed by atoms with Crippen molar-refractivity contribution in [3.05, 3.63) is 11.9 Å². The average molecular weight is 209 g/mol. The second kappa shape index (κ2) is 4.39. The van der Waals surface area contributed by atoms with Gasteiger partial charge in [-0.05, 0) is 25.8 Å². The zero-order valence-corrected chi connectivity index (χ0v) is 8.52. The predicted octanol–water partition coefficient (Wildman–Crippen LogP) is -0.242. The number of nitrogens with zero attached hydrogens (tertiary/aromatic N) is 3. The number of rotatable bonds is 5. The van der Waals surface area contributed by atoms with E-state index in [-0.39, 0.29) is 5.91 Å². The van der Waals surface area contributed by atoms with Crippen LogP contribution >= 0.6 is 0 Å². The number of amides is 1. The van der Waals surface area contributed by atoms with Crippen LogP contribution in [-0.4, -0.2) is 45.3 Å². The van der Waals surface area contributed by atoms with E-state index in [0.717, 1.165) is 19.3 Å². The molecular formula is C9H15N5O. The van der Waals surface area contributed by atoms with Crippen molar-refractivity contribution >= 4 is 5.91 Å². The van der Waals surface area contributed by atoms with E-state index in [0.29, 0.717) is 24.8 Å². The molecule has 0 bridgehead atoms. The summed E-state index contributed by atoms with van der Waals surface area (Å²) in [6.07, 6.45) is 4.47. The van der Waals surface area contributed by atoms with Crippen LogP contribution in [0, 0.1) is 0 Å². The third-order valence-corrected chi connectivity index (χ3v) is 2.49. The molecule has 1 aromatic rings. The molecule has 0 saturated heterocycles. The Morgan fingerprint density at radius 1 is 1.67 bits per heavy atom. The standard InChI is InChI=1S/C9H15N5O/c10-4-1-5-14(7-2-3-7)9(15)8-6-11-13-12-8/h6-7H,1-5,10H2,(H,11,12,13). The summed E-state index contributed by atoms with van der Waals surface area (Å²) in [4.78, 5) is 13.8. The second-order valence-corrected chi connectivity index (χ2v) is 3.73. The fourth-order valence-electron chi connectivity index (χ4n) is 1.55. The molecule has 6 nitrogen and oxygen atoms in total. The monoisotopic (exact) mass is 209 g/mol. The molecule has 0 atom stereocenters. The minimum Gasteiger partial charge on any atom is -0.334 e. The van der Waals surface area contributed by atoms with E-state index in [9.17, 15) is 4.79 Å². The number of H-pyrrole nitrogens is 1. The van der Waals surface area contributed by atoms with E-state index in [1.807, 2.05) is 4.90 Å². The highest BCUT2D eigenvalue weighted by Gasteiger charge is 2.33. The maximum absolute atomic E-state index is 12.0. The van der Waals surface area contributed by atoms with Gasteiger partial charge in [-0.2, -0.15) is 15.4 Å². The van der Waals surface area contributed by atoms with Crippen LogP contribution in [0.25, 0.3) is 0 Å². The smallest absolute Gasteiger partial charge is 0.276 e. The van der Waals surface area contributed by atoms with Crippen molar-refractivity contribution in [1.82, 2.24) is 20.3 Å². The lowest BCUT2D eigenvalue weighted by molar-refractivity contribution is 0.0736. The van der Waals surface area contributed by atoms with Crippen LogP contribution in [0.2, 0.25) is 0 Å². The summed E-state index contributed by atoms with van der Waals surface area (Å²) in [6.45, 7) is 1.32. The molecule has 0 aliphatic heterocycles. The molecule has 15 heavy (non-hydrogen) atoms. The second-order valence-electron chi connectivity index (χ2n) is 3.73. The molecule has 1 saturated carbocycles. The summed E-state index contributed by atoms with van der Waals surface area (Å²) in [5.74, 6) is -0.0419. The van der Waals surface area contributed by atoms with Crippen LogP contribution in [0.5, 0.6) is 0 Å². The minimum absolute atomic E-state index is 0.0419. The largest absolute Gasteiger partial charge is 0.334 e. The number of hydrogen-bond acceptors (Lipinski definition) is 4. The van der Waals surface area contributed by atoms with Crippen molar-refractivity contribution in [3.63, 3.8) is 0 Å². The molecule has 6 heteroatoms. The van der Waals surface area contributed by atoms with Gasteiger partial charge in [0.1, 0.15) is 0 Å². The Morgan fingerprint density at radius 3 is 3.00 bits per heavy atom. The number of nitrogens with one attached hydrogen (secondary N) is 1. The molecule has 2 rings (SSSR count). The van der Waals surface area contributed by atoms with Crippen molar-refractivity contribution in [2.45, 2.75) is 25.3 Å². The van der Waals surface area contributed by atoms with Crippen LogP contribution in [-0.2, 0) is 0 Å². The fourth-order valence-corrected chi connectivity index (χ4v) is 1.55. The quantitative estimate of drug-likeness (QED) is 0.700. The van der Waals surface area contributed by atoms with Crippen molar-refractivity contribution < 1.29 is 4.79 Å². The Morgan fingerprint density at radius 2 is 2.47 bits per heavy atom. The van der Waals surface area contributed by atoms with Gasteiger partial charge in [-0.1, -0.05) is 0 Å². The van der Waals surface area contributed by atoms with Crippen LogP contribution in [0.1, 0.15) is 29.8 Å². The Labute approximate surface area is 87.8 Å². The molecule has 3 N–H and O–H groups in total. The summed E-state index contributed by atoms with van der Waals surface area (Å²) < 4.78 is 0. The molecule has 1 aliphatic rings. The first-order valence-corrected chi connectivity index (χ1v) is 5.19. The van der Waals surface area contributed by atoms with Crippen LogP contribution in [0.3, 0.4) is 0 Å². The number of aromatic nitrogens is 3. The van der Waals surface area contributed by atoms with Crippen molar-refractivity contribution in [1.29, 1.82) is 0 Å². The van der Waals surface area contributed by atoms with Crippen LogP contribution in [0.4, 0.5) is 0 Å². The van der Waals surface area contributed by atoms with E-state index in [4.69, 9.17) is 5.73 Å². The van der Waals surface area contributed by atoms with E-state index in [1.54, 1.807) is 0 Å². The zero-order chi connectivity index (χ0) is 10.7. The molecule has 0 aromatic carbocycles. The molecule has 1 fully saturated rings. The van der Waals surface area contributed by atoms with E-state index < -0.39 is 0 Å². The van der Waals surface area contributed by atoms with Crippen molar-refractivity contribution in [3.8, 4) is 0 Å². The molecule has 82 valence electrons. The maximum Gasteiger partial charge on any atom is 0.276 e. The molecular weight excluding hydrogens is 194 g/mol. The third-order valence-electron chi connectivity index (χ3n) is 2.49. The first kappa shape index (κ1) is 10.1. The van der Waals surface area contributed by atoms with Crippen molar-refractivity contribution in [2.24, 2.45) is 5.73 Å². The first-order chi connectivity index (χ1) is 7.33. The van der Waals surface area contributed by atoms with Gasteiger partial charge in [0.05, 0.1) is 6.20 Å². The Hall–Kier alpha value is -1.43. The van der Waals surface area contributed by atoms with Gasteiger partial charge in [0.15, 0.2) is 5.69 Å². The lowest BCUT2D eigenvalue weighted by Gasteiger charge is -2.20. The summed E-state index contributed by atoms with van der Waals surface area (Å²) in [5.41, 5.74) is 5.83. The lowest BCUT2D eigenvalue weighted by atomic mass is 10.3. The topological polar surface area (TPSA) is 87.9 Å². The highest BCUT2D eigenvalue weighted by atomic mass is 16.2. The van der Waals surface area contributed by atoms with Crippen molar-refractivity contribution in [2.75, 3.05) is 13.1 Å². The van der Waals surface area contributed by atoms with Gasteiger partial charge < -0.3 is 10.6 Å². The predicted molar refractivity (Wildman–Crippen MR) is 54.1 cm³/mol. The fraction of sp³-hybridized carbons (Fsp3) is 0.667. The SMILES string of the molecule is NCCCN(C(=O)c1cn[nH]n1)C1CC1. The van der Waals surface area contributed by atoms with Gasteiger partial charge in [-0.15, -0.1) is 0 Å². The summed E-state index contributed by atoms with van der Waals surface area (Å²) in [5, 5.41) is 9.88. The molecule has 0 radical (unpaired) electrons. The first-order valence-electron chi connectivity index (χ1n) is 5.19. The molecule has 1 aliphatic carbocycles. The normalized spacial score (nSPS) is 15.3. The average Bonchev–Trinajstić information content (AvgIpc) is 2.94. The summed E-state index contributed by atoms with van der Waals surface area (Å²) in [6, 6.07) is 0.390. The summed E-state index contributed by atoms with van der Waals surface area (Å²) >= 11 is 0. The minimum atomic E-state index is -0.0419. The van der Waals surface area contributed by atoms with E-state index >= 15 is 0 Å². The molecule has 1 aromatic heterocycles. The van der Waals surface area contributed by atoms with Gasteiger partial charge in [0.2, 0.25) is 0 Å². The molecule has 1 amide bonds. The van der Waals surface area contributed by atoms with Gasteiger partial charge >= 0.3 is 0 Å². The lowest BCUT2D eigenvalue weighted by Crippen LogP contribution is -2.35. The number of carbonyl (C=O) groups excluding carboxylic acids is 1. The Bertz CT molecular complexity index is 319. The Balaban J connectivity index is 2.01. The van der Waals surface area contributed by atoms with Gasteiger partial charge in [0, 0.05) is 12.6 Å². The highest BCUT2D eigenvalue weighted by molar-refractivity contribution is 5.92. The van der Waals surface area contributed by atoms with E-state index in [2.05, 4.69) is 15.4 Å². The molecule has 0 unspecified atom stereocenters. The van der Waals surface area contributed by atoms with Gasteiger partial charge in [-0.3, -0.25) is 4.79 Å². The highest BCUT2D eigenvalue weighted by Crippen LogP contribution is 2.27.